The molecule has 35 heavy (non-hydrogen) atoms. The molecule has 0 bridgehead atoms. The number of hydrogen-bond donors (Lipinski definition) is 0. The van der Waals surface area contributed by atoms with Crippen molar-refractivity contribution in [2.45, 2.75) is 92.7 Å². The summed E-state index contributed by atoms with van der Waals surface area (Å²) in [6.07, 6.45) is 9.81. The first kappa shape index (κ1) is 28.1. The Balaban J connectivity index is 2.52. The summed E-state index contributed by atoms with van der Waals surface area (Å²) in [5.74, 6) is 0.499. The zero-order valence-corrected chi connectivity index (χ0v) is 22.1. The topological polar surface area (TPSA) is 83.6 Å². The van der Waals surface area contributed by atoms with E-state index in [2.05, 4.69) is 33.8 Å². The number of pyridine rings is 1. The quantitative estimate of drug-likeness (QED) is 0.121. The van der Waals surface area contributed by atoms with E-state index in [9.17, 15) is 14.9 Å². The maximum atomic E-state index is 13.6. The van der Waals surface area contributed by atoms with Gasteiger partial charge in [-0.15, -0.1) is 0 Å². The van der Waals surface area contributed by atoms with Crippen molar-refractivity contribution in [3.63, 3.8) is 0 Å². The normalized spacial score (nSPS) is 11.7. The average Bonchev–Trinajstić information content (AvgIpc) is 2.79. The van der Waals surface area contributed by atoms with Crippen molar-refractivity contribution in [3.05, 3.63) is 62.0 Å². The summed E-state index contributed by atoms with van der Waals surface area (Å²) in [5, 5.41) is 12.1. The lowest BCUT2D eigenvalue weighted by molar-refractivity contribution is -0.384. The van der Waals surface area contributed by atoms with Gasteiger partial charge in [0.25, 0.3) is 11.2 Å². The minimum atomic E-state index is -0.442. The van der Waals surface area contributed by atoms with Gasteiger partial charge in [-0.3, -0.25) is 14.9 Å². The molecule has 0 aliphatic heterocycles. The number of allylic oxidation sites excluding steroid dienone is 3. The summed E-state index contributed by atoms with van der Waals surface area (Å²) in [7, 11) is 0. The molecule has 1 aromatic carbocycles. The van der Waals surface area contributed by atoms with E-state index in [1.165, 1.54) is 23.3 Å². The molecule has 192 valence electrons. The molecule has 0 N–H and O–H groups in total. The fourth-order valence-corrected chi connectivity index (χ4v) is 3.86. The van der Waals surface area contributed by atoms with Crippen LogP contribution in [0.4, 0.5) is 5.69 Å². The molecule has 0 radical (unpaired) electrons. The SMILES string of the molecule is CCCCCCn1c(=O)c(OC(C)C)c(OC/C=C(\C)CCC=C(C)C)c2ccc([N+](=O)[O-])cc21. The summed E-state index contributed by atoms with van der Waals surface area (Å²) in [4.78, 5) is 24.6. The van der Waals surface area contributed by atoms with Crippen molar-refractivity contribution >= 4 is 16.6 Å². The van der Waals surface area contributed by atoms with E-state index in [-0.39, 0.29) is 29.7 Å². The van der Waals surface area contributed by atoms with Crippen molar-refractivity contribution < 1.29 is 14.4 Å². The highest BCUT2D eigenvalue weighted by molar-refractivity contribution is 5.89. The number of nitro groups is 1. The monoisotopic (exact) mass is 484 g/mol. The number of nitrogens with zero attached hydrogens (tertiary/aromatic N) is 2. The van der Waals surface area contributed by atoms with Gasteiger partial charge in [0.15, 0.2) is 5.75 Å². The molecule has 2 rings (SSSR count). The summed E-state index contributed by atoms with van der Waals surface area (Å²) < 4.78 is 13.7. The molecule has 0 spiro atoms. The molecule has 0 aliphatic carbocycles. The second-order valence-corrected chi connectivity index (χ2v) is 9.48. The number of fused-ring (bicyclic) bond motifs is 1. The summed E-state index contributed by atoms with van der Waals surface area (Å²) in [6.45, 7) is 12.8. The lowest BCUT2D eigenvalue weighted by Crippen LogP contribution is -2.25. The van der Waals surface area contributed by atoms with E-state index in [4.69, 9.17) is 9.47 Å². The molecular formula is C28H40N2O5. The van der Waals surface area contributed by atoms with E-state index < -0.39 is 4.92 Å². The van der Waals surface area contributed by atoms with Crippen molar-refractivity contribution in [2.24, 2.45) is 0 Å². The van der Waals surface area contributed by atoms with Gasteiger partial charge in [0.1, 0.15) is 6.61 Å². The summed E-state index contributed by atoms with van der Waals surface area (Å²) in [6, 6.07) is 4.56. The van der Waals surface area contributed by atoms with Gasteiger partial charge in [0.05, 0.1) is 16.5 Å². The van der Waals surface area contributed by atoms with Crippen LogP contribution in [0.5, 0.6) is 11.5 Å². The van der Waals surface area contributed by atoms with Crippen LogP contribution in [-0.4, -0.2) is 22.2 Å². The van der Waals surface area contributed by atoms with Crippen LogP contribution in [0.25, 0.3) is 10.9 Å². The maximum Gasteiger partial charge on any atom is 0.297 e. The molecule has 0 unspecified atom stereocenters. The maximum absolute atomic E-state index is 13.6. The first-order valence-corrected chi connectivity index (χ1v) is 12.6. The minimum Gasteiger partial charge on any atom is -0.485 e. The molecule has 1 heterocycles. The molecule has 7 heteroatoms. The van der Waals surface area contributed by atoms with Gasteiger partial charge in [-0.25, -0.2) is 0 Å². The first-order valence-electron chi connectivity index (χ1n) is 12.6. The largest absolute Gasteiger partial charge is 0.485 e. The molecule has 0 fully saturated rings. The van der Waals surface area contributed by atoms with E-state index in [0.717, 1.165) is 38.5 Å². The van der Waals surface area contributed by atoms with Gasteiger partial charge < -0.3 is 14.0 Å². The Morgan fingerprint density at radius 1 is 1.11 bits per heavy atom. The number of benzene rings is 1. The fraction of sp³-hybridized carbons (Fsp3) is 0.536. The number of ether oxygens (including phenoxy) is 2. The second-order valence-electron chi connectivity index (χ2n) is 9.48. The Kier molecular flexibility index (Phi) is 11.0. The number of non-ortho nitro benzene ring substituents is 1. The summed E-state index contributed by atoms with van der Waals surface area (Å²) >= 11 is 0. The van der Waals surface area contributed by atoms with Crippen LogP contribution in [0.2, 0.25) is 0 Å². The van der Waals surface area contributed by atoms with Crippen LogP contribution in [-0.2, 0) is 6.54 Å². The van der Waals surface area contributed by atoms with Crippen LogP contribution in [0.3, 0.4) is 0 Å². The van der Waals surface area contributed by atoms with E-state index in [0.29, 0.717) is 23.2 Å². The van der Waals surface area contributed by atoms with Crippen molar-refractivity contribution in [1.82, 2.24) is 4.57 Å². The molecule has 0 aliphatic rings. The van der Waals surface area contributed by atoms with Crippen molar-refractivity contribution in [2.75, 3.05) is 6.61 Å². The Hall–Kier alpha value is -3.09. The highest BCUT2D eigenvalue weighted by Gasteiger charge is 2.22. The molecule has 0 saturated carbocycles. The van der Waals surface area contributed by atoms with E-state index >= 15 is 0 Å². The third kappa shape index (κ3) is 8.26. The number of hydrogen-bond acceptors (Lipinski definition) is 5. The average molecular weight is 485 g/mol. The minimum absolute atomic E-state index is 0.0577. The number of rotatable bonds is 14. The van der Waals surface area contributed by atoms with Gasteiger partial charge in [-0.2, -0.15) is 0 Å². The van der Waals surface area contributed by atoms with Crippen LogP contribution < -0.4 is 15.0 Å². The van der Waals surface area contributed by atoms with Gasteiger partial charge in [0.2, 0.25) is 5.75 Å². The van der Waals surface area contributed by atoms with Crippen LogP contribution in [0.1, 0.15) is 80.1 Å². The van der Waals surface area contributed by atoms with Crippen LogP contribution >= 0.6 is 0 Å². The van der Waals surface area contributed by atoms with Gasteiger partial charge in [-0.05, 0) is 66.0 Å². The molecule has 0 atom stereocenters. The predicted octanol–water partition coefficient (Wildman–Crippen LogP) is 7.35. The molecule has 7 nitrogen and oxygen atoms in total. The van der Waals surface area contributed by atoms with Crippen LogP contribution in [0, 0.1) is 10.1 Å². The molecule has 0 saturated heterocycles. The Morgan fingerprint density at radius 3 is 2.49 bits per heavy atom. The summed E-state index contributed by atoms with van der Waals surface area (Å²) in [5.41, 5.74) is 2.61. The highest BCUT2D eigenvalue weighted by Crippen LogP contribution is 2.35. The lowest BCUT2D eigenvalue weighted by atomic mass is 10.1. The number of aromatic nitrogens is 1. The Morgan fingerprint density at radius 2 is 1.86 bits per heavy atom. The second kappa shape index (κ2) is 13.7. The third-order valence-electron chi connectivity index (χ3n) is 5.71. The zero-order chi connectivity index (χ0) is 26.0. The highest BCUT2D eigenvalue weighted by atomic mass is 16.6. The Bertz CT molecular complexity index is 1120. The first-order chi connectivity index (χ1) is 16.6. The standard InChI is InChI=1S/C28H40N2O5/c1-7-8-9-10-17-29-25-19-23(30(32)33)14-15-24(25)26(27(28(29)31)35-21(4)5)34-18-16-22(6)13-11-12-20(2)3/h12,14-16,19,21H,7-11,13,17-18H2,1-6H3/b22-16+. The molecule has 2 aromatic rings. The van der Waals surface area contributed by atoms with Gasteiger partial charge in [0, 0.05) is 24.1 Å². The third-order valence-corrected chi connectivity index (χ3v) is 5.71. The zero-order valence-electron chi connectivity index (χ0n) is 22.1. The number of aryl methyl sites for hydroxylation is 1. The Labute approximate surface area is 208 Å². The predicted molar refractivity (Wildman–Crippen MR) is 143 cm³/mol. The van der Waals surface area contributed by atoms with Gasteiger partial charge >= 0.3 is 0 Å². The molecule has 1 aromatic heterocycles. The molecular weight excluding hydrogens is 444 g/mol. The van der Waals surface area contributed by atoms with Crippen LogP contribution in [0.15, 0.2) is 46.3 Å². The number of nitro benzene ring substituents is 1. The van der Waals surface area contributed by atoms with E-state index in [1.807, 2.05) is 19.9 Å². The lowest BCUT2D eigenvalue weighted by Gasteiger charge is -2.19. The van der Waals surface area contributed by atoms with E-state index in [1.54, 1.807) is 10.6 Å². The molecule has 0 amide bonds. The van der Waals surface area contributed by atoms with Crippen molar-refractivity contribution in [3.8, 4) is 11.5 Å². The van der Waals surface area contributed by atoms with Gasteiger partial charge in [-0.1, -0.05) is 43.4 Å². The smallest absolute Gasteiger partial charge is 0.297 e. The number of unbranched alkanes of at least 4 members (excludes halogenated alkanes) is 3. The van der Waals surface area contributed by atoms with Crippen molar-refractivity contribution in [1.29, 1.82) is 0 Å². The fourth-order valence-electron chi connectivity index (χ4n) is 3.86.